The fourth-order valence-electron chi connectivity index (χ4n) is 1.78. The van der Waals surface area contributed by atoms with E-state index in [0.717, 1.165) is 19.4 Å². The monoisotopic (exact) mass is 205 g/mol. The van der Waals surface area contributed by atoms with Gasteiger partial charge in [0.05, 0.1) is 0 Å². The fraction of sp³-hybridized carbons (Fsp3) is 0.455. The number of pyridine rings is 1. The molecule has 0 saturated carbocycles. The summed E-state index contributed by atoms with van der Waals surface area (Å²) < 4.78 is 0. The topological polar surface area (TPSA) is 45.2 Å². The van der Waals surface area contributed by atoms with Crippen molar-refractivity contribution < 1.29 is 4.79 Å². The molecule has 1 aliphatic heterocycles. The third-order valence-corrected chi connectivity index (χ3v) is 2.70. The van der Waals surface area contributed by atoms with Crippen molar-refractivity contribution >= 4 is 5.91 Å². The van der Waals surface area contributed by atoms with E-state index >= 15 is 0 Å². The van der Waals surface area contributed by atoms with Crippen LogP contribution >= 0.6 is 0 Å². The highest BCUT2D eigenvalue weighted by Gasteiger charge is 2.22. The number of hydrogen-bond donors (Lipinski definition) is 1. The van der Waals surface area contributed by atoms with Gasteiger partial charge in [-0.2, -0.15) is 0 Å². The third-order valence-electron chi connectivity index (χ3n) is 2.70. The Kier molecular flexibility index (Phi) is 2.97. The molecule has 0 unspecified atom stereocenters. The smallest absolute Gasteiger partial charge is 0.283 e. The largest absolute Gasteiger partial charge is 0.284 e. The predicted molar refractivity (Wildman–Crippen MR) is 57.1 cm³/mol. The second-order valence-corrected chi connectivity index (χ2v) is 3.84. The number of nitrogens with zero attached hydrogens (tertiary/aromatic N) is 2. The maximum Gasteiger partial charge on any atom is 0.284 e. The SMILES string of the molecule is C[C@@H]1CCCN1NC(=O)c1ccccn1. The molecule has 1 aromatic heterocycles. The van der Waals surface area contributed by atoms with Gasteiger partial charge >= 0.3 is 0 Å². The van der Waals surface area contributed by atoms with Crippen molar-refractivity contribution in [3.63, 3.8) is 0 Å². The van der Waals surface area contributed by atoms with Crippen LogP contribution in [0.3, 0.4) is 0 Å². The number of amides is 1. The molecule has 1 saturated heterocycles. The molecule has 2 rings (SSSR count). The first-order valence-corrected chi connectivity index (χ1v) is 5.26. The van der Waals surface area contributed by atoms with E-state index in [1.807, 2.05) is 11.1 Å². The van der Waals surface area contributed by atoms with Gasteiger partial charge in [0.1, 0.15) is 5.69 Å². The van der Waals surface area contributed by atoms with Gasteiger partial charge < -0.3 is 0 Å². The molecule has 80 valence electrons. The first-order chi connectivity index (χ1) is 7.27. The molecular weight excluding hydrogens is 190 g/mol. The predicted octanol–water partition coefficient (Wildman–Crippen LogP) is 1.21. The van der Waals surface area contributed by atoms with Gasteiger partial charge in [-0.1, -0.05) is 6.07 Å². The van der Waals surface area contributed by atoms with Crippen LogP contribution in [0.4, 0.5) is 0 Å². The average Bonchev–Trinajstić information content (AvgIpc) is 2.66. The van der Waals surface area contributed by atoms with E-state index in [4.69, 9.17) is 0 Å². The third kappa shape index (κ3) is 2.33. The second kappa shape index (κ2) is 4.40. The number of aromatic nitrogens is 1. The number of rotatable bonds is 2. The molecule has 4 heteroatoms. The summed E-state index contributed by atoms with van der Waals surface area (Å²) in [6.45, 7) is 3.05. The van der Waals surface area contributed by atoms with Gasteiger partial charge in [-0.25, -0.2) is 5.01 Å². The van der Waals surface area contributed by atoms with Crippen molar-refractivity contribution in [2.24, 2.45) is 0 Å². The van der Waals surface area contributed by atoms with Gasteiger partial charge in [0.15, 0.2) is 0 Å². The van der Waals surface area contributed by atoms with Crippen LogP contribution in [-0.2, 0) is 0 Å². The van der Waals surface area contributed by atoms with Gasteiger partial charge in [0, 0.05) is 18.8 Å². The number of carbonyl (C=O) groups is 1. The highest BCUT2D eigenvalue weighted by Crippen LogP contribution is 2.13. The lowest BCUT2D eigenvalue weighted by Crippen LogP contribution is -2.44. The van der Waals surface area contributed by atoms with E-state index in [2.05, 4.69) is 17.3 Å². The lowest BCUT2D eigenvalue weighted by atomic mass is 10.3. The van der Waals surface area contributed by atoms with Crippen molar-refractivity contribution in [1.29, 1.82) is 0 Å². The summed E-state index contributed by atoms with van der Waals surface area (Å²) in [5.41, 5.74) is 3.35. The average molecular weight is 205 g/mol. The summed E-state index contributed by atoms with van der Waals surface area (Å²) in [6.07, 6.45) is 3.91. The lowest BCUT2D eigenvalue weighted by Gasteiger charge is -2.21. The van der Waals surface area contributed by atoms with Crippen LogP contribution in [0.1, 0.15) is 30.3 Å². The molecule has 1 amide bonds. The summed E-state index contributed by atoms with van der Waals surface area (Å²) >= 11 is 0. The Morgan fingerprint density at radius 3 is 3.07 bits per heavy atom. The summed E-state index contributed by atoms with van der Waals surface area (Å²) in [5.74, 6) is -0.121. The molecule has 1 fully saturated rings. The molecule has 1 atom stereocenters. The maximum atomic E-state index is 11.7. The van der Waals surface area contributed by atoms with Crippen LogP contribution in [0.5, 0.6) is 0 Å². The number of hydrogen-bond acceptors (Lipinski definition) is 3. The molecule has 0 aliphatic carbocycles. The molecule has 1 aromatic rings. The zero-order valence-corrected chi connectivity index (χ0v) is 8.81. The van der Waals surface area contributed by atoms with Crippen LogP contribution < -0.4 is 5.43 Å². The first-order valence-electron chi connectivity index (χ1n) is 5.26. The minimum Gasteiger partial charge on any atom is -0.283 e. The fourth-order valence-corrected chi connectivity index (χ4v) is 1.78. The van der Waals surface area contributed by atoms with Crippen LogP contribution in [-0.4, -0.2) is 28.5 Å². The Labute approximate surface area is 89.3 Å². The molecule has 15 heavy (non-hydrogen) atoms. The van der Waals surface area contributed by atoms with Crippen molar-refractivity contribution in [2.45, 2.75) is 25.8 Å². The number of carbonyl (C=O) groups excluding carboxylic acids is 1. The Morgan fingerprint density at radius 2 is 2.47 bits per heavy atom. The zero-order valence-electron chi connectivity index (χ0n) is 8.81. The second-order valence-electron chi connectivity index (χ2n) is 3.84. The van der Waals surface area contributed by atoms with E-state index in [-0.39, 0.29) is 5.91 Å². The summed E-state index contributed by atoms with van der Waals surface area (Å²) in [4.78, 5) is 15.7. The molecule has 0 aromatic carbocycles. The standard InChI is InChI=1S/C11H15N3O/c1-9-5-4-8-14(9)13-11(15)10-6-2-3-7-12-10/h2-3,6-7,9H,4-5,8H2,1H3,(H,13,15)/t9-/m1/s1. The number of hydrazine groups is 1. The van der Waals surface area contributed by atoms with Crippen molar-refractivity contribution in [3.05, 3.63) is 30.1 Å². The van der Waals surface area contributed by atoms with Gasteiger partial charge in [-0.05, 0) is 31.9 Å². The van der Waals surface area contributed by atoms with Crippen molar-refractivity contribution in [2.75, 3.05) is 6.54 Å². The quantitative estimate of drug-likeness (QED) is 0.789. The Morgan fingerprint density at radius 1 is 1.60 bits per heavy atom. The number of nitrogens with one attached hydrogen (secondary N) is 1. The molecule has 0 radical (unpaired) electrons. The zero-order chi connectivity index (χ0) is 10.7. The minimum atomic E-state index is -0.121. The Hall–Kier alpha value is -1.42. The normalized spacial score (nSPS) is 21.5. The van der Waals surface area contributed by atoms with Gasteiger partial charge in [-0.3, -0.25) is 15.2 Å². The van der Waals surface area contributed by atoms with Gasteiger partial charge in [0.25, 0.3) is 5.91 Å². The van der Waals surface area contributed by atoms with Crippen molar-refractivity contribution in [1.82, 2.24) is 15.4 Å². The van der Waals surface area contributed by atoms with Gasteiger partial charge in [0.2, 0.25) is 0 Å². The van der Waals surface area contributed by atoms with E-state index in [9.17, 15) is 4.79 Å². The molecule has 2 heterocycles. The first kappa shape index (κ1) is 10.1. The maximum absolute atomic E-state index is 11.7. The summed E-state index contributed by atoms with van der Waals surface area (Å²) in [5, 5.41) is 1.98. The lowest BCUT2D eigenvalue weighted by molar-refractivity contribution is 0.0771. The molecule has 0 spiro atoms. The minimum absolute atomic E-state index is 0.121. The summed E-state index contributed by atoms with van der Waals surface area (Å²) in [6, 6.07) is 5.76. The summed E-state index contributed by atoms with van der Waals surface area (Å²) in [7, 11) is 0. The highest BCUT2D eigenvalue weighted by molar-refractivity contribution is 5.91. The molecule has 0 bridgehead atoms. The molecular formula is C11H15N3O. The van der Waals surface area contributed by atoms with Crippen LogP contribution in [0.25, 0.3) is 0 Å². The van der Waals surface area contributed by atoms with Crippen LogP contribution in [0.15, 0.2) is 24.4 Å². The molecule has 1 N–H and O–H groups in total. The van der Waals surface area contributed by atoms with Crippen LogP contribution in [0.2, 0.25) is 0 Å². The van der Waals surface area contributed by atoms with Crippen molar-refractivity contribution in [3.8, 4) is 0 Å². The van der Waals surface area contributed by atoms with E-state index in [0.29, 0.717) is 11.7 Å². The van der Waals surface area contributed by atoms with E-state index in [1.54, 1.807) is 18.3 Å². The molecule has 4 nitrogen and oxygen atoms in total. The molecule has 1 aliphatic rings. The van der Waals surface area contributed by atoms with E-state index in [1.165, 1.54) is 0 Å². The highest BCUT2D eigenvalue weighted by atomic mass is 16.2. The van der Waals surface area contributed by atoms with Crippen LogP contribution in [0, 0.1) is 0 Å². The Balaban J connectivity index is 1.98. The van der Waals surface area contributed by atoms with E-state index < -0.39 is 0 Å². The Bertz CT molecular complexity index is 339. The van der Waals surface area contributed by atoms with Gasteiger partial charge in [-0.15, -0.1) is 0 Å².